The van der Waals surface area contributed by atoms with Crippen molar-refractivity contribution in [2.75, 3.05) is 11.4 Å². The van der Waals surface area contributed by atoms with E-state index in [-0.39, 0.29) is 6.54 Å². The third-order valence-corrected chi connectivity index (χ3v) is 4.99. The molecule has 0 saturated carbocycles. The molecule has 0 amide bonds. The predicted octanol–water partition coefficient (Wildman–Crippen LogP) is 0.832. The molecule has 1 aromatic rings. The van der Waals surface area contributed by atoms with Crippen LogP contribution < -0.4 is 4.83 Å². The highest BCUT2D eigenvalue weighted by atomic mass is 32.2. The number of aliphatic carboxylic acids is 1. The molecular formula is C12H19N3O4S. The molecule has 0 aromatic carbocycles. The smallest absolute Gasteiger partial charge is 0.322 e. The molecule has 1 atom stereocenters. The first kappa shape index (κ1) is 14.9. The largest absolute Gasteiger partial charge is 0.480 e. The molecule has 0 radical (unpaired) electrons. The maximum absolute atomic E-state index is 12.4. The number of aromatic nitrogens is 1. The fourth-order valence-electron chi connectivity index (χ4n) is 2.42. The predicted molar refractivity (Wildman–Crippen MR) is 74.2 cm³/mol. The highest BCUT2D eigenvalue weighted by molar-refractivity contribution is 7.90. The summed E-state index contributed by atoms with van der Waals surface area (Å²) >= 11 is 0. The molecule has 1 aliphatic heterocycles. The van der Waals surface area contributed by atoms with Crippen LogP contribution in [0.5, 0.6) is 0 Å². The molecule has 112 valence electrons. The van der Waals surface area contributed by atoms with Crippen LogP contribution in [0.1, 0.15) is 30.7 Å². The van der Waals surface area contributed by atoms with Crippen LogP contribution in [-0.2, 0) is 15.0 Å². The van der Waals surface area contributed by atoms with E-state index in [2.05, 4.69) is 4.83 Å². The van der Waals surface area contributed by atoms with Crippen LogP contribution in [0.4, 0.5) is 0 Å². The molecule has 0 aliphatic carbocycles. The van der Waals surface area contributed by atoms with Gasteiger partial charge in [0, 0.05) is 17.9 Å². The quantitative estimate of drug-likeness (QED) is 0.861. The van der Waals surface area contributed by atoms with Gasteiger partial charge in [0.25, 0.3) is 0 Å². The number of carboxylic acids is 1. The maximum Gasteiger partial charge on any atom is 0.322 e. The van der Waals surface area contributed by atoms with Gasteiger partial charge in [-0.15, -0.1) is 0 Å². The van der Waals surface area contributed by atoms with Crippen molar-refractivity contribution in [1.29, 1.82) is 0 Å². The Kier molecular flexibility index (Phi) is 4.05. The summed E-state index contributed by atoms with van der Waals surface area (Å²) < 4.78 is 27.3. The van der Waals surface area contributed by atoms with Gasteiger partial charge < -0.3 is 5.11 Å². The van der Waals surface area contributed by atoms with E-state index in [1.54, 1.807) is 26.0 Å². The number of nitrogens with zero attached hydrogens (tertiary/aromatic N) is 2. The van der Waals surface area contributed by atoms with Gasteiger partial charge in [0.05, 0.1) is 0 Å². The molecular weight excluding hydrogens is 282 g/mol. The van der Waals surface area contributed by atoms with Crippen LogP contribution >= 0.6 is 0 Å². The third kappa shape index (κ3) is 2.80. The first-order valence-corrected chi connectivity index (χ1v) is 7.94. The van der Waals surface area contributed by atoms with Crippen LogP contribution in [0.3, 0.4) is 0 Å². The Labute approximate surface area is 118 Å². The summed E-state index contributed by atoms with van der Waals surface area (Å²) in [6.45, 7) is 3.78. The first-order valence-electron chi connectivity index (χ1n) is 6.50. The van der Waals surface area contributed by atoms with Gasteiger partial charge in [-0.2, -0.15) is 12.7 Å². The number of carbonyl (C=O) groups is 1. The number of nitrogens with one attached hydrogen (secondary N) is 1. The van der Waals surface area contributed by atoms with E-state index < -0.39 is 22.2 Å². The SMILES string of the molecule is Cc1ccc(C)n1NS(=O)(=O)N1CCCCC1C(=O)O. The lowest BCUT2D eigenvalue weighted by atomic mass is 10.1. The van der Waals surface area contributed by atoms with Gasteiger partial charge in [0.1, 0.15) is 6.04 Å². The van der Waals surface area contributed by atoms with Crippen LogP contribution in [0.2, 0.25) is 0 Å². The van der Waals surface area contributed by atoms with E-state index in [0.717, 1.165) is 22.1 Å². The van der Waals surface area contributed by atoms with Crippen molar-refractivity contribution >= 4 is 16.2 Å². The van der Waals surface area contributed by atoms with Gasteiger partial charge >= 0.3 is 16.2 Å². The van der Waals surface area contributed by atoms with Gasteiger partial charge in [0.15, 0.2) is 0 Å². The van der Waals surface area contributed by atoms with Crippen LogP contribution in [0.15, 0.2) is 12.1 Å². The number of hydrogen-bond acceptors (Lipinski definition) is 3. The normalized spacial score (nSPS) is 20.8. The molecule has 2 N–H and O–H groups in total. The van der Waals surface area contributed by atoms with E-state index in [1.807, 2.05) is 0 Å². The van der Waals surface area contributed by atoms with Crippen molar-refractivity contribution in [3.05, 3.63) is 23.5 Å². The summed E-state index contributed by atoms with van der Waals surface area (Å²) in [4.78, 5) is 13.6. The molecule has 20 heavy (non-hydrogen) atoms. The van der Waals surface area contributed by atoms with Gasteiger partial charge in [-0.05, 0) is 45.2 Å². The Hall–Kier alpha value is -1.54. The van der Waals surface area contributed by atoms with E-state index in [0.29, 0.717) is 12.8 Å². The zero-order valence-electron chi connectivity index (χ0n) is 11.5. The van der Waals surface area contributed by atoms with Gasteiger partial charge in [-0.25, -0.2) is 4.83 Å². The van der Waals surface area contributed by atoms with Gasteiger partial charge in [0.2, 0.25) is 0 Å². The monoisotopic (exact) mass is 301 g/mol. The lowest BCUT2D eigenvalue weighted by Gasteiger charge is -2.32. The Morgan fingerprint density at radius 2 is 1.90 bits per heavy atom. The van der Waals surface area contributed by atoms with Crippen molar-refractivity contribution in [2.24, 2.45) is 0 Å². The summed E-state index contributed by atoms with van der Waals surface area (Å²) in [5, 5.41) is 9.17. The summed E-state index contributed by atoms with van der Waals surface area (Å²) in [7, 11) is -3.88. The summed E-state index contributed by atoms with van der Waals surface area (Å²) in [5.41, 5.74) is 1.49. The molecule has 1 aliphatic rings. The van der Waals surface area contributed by atoms with Crippen LogP contribution in [-0.4, -0.2) is 41.1 Å². The average molecular weight is 301 g/mol. The average Bonchev–Trinajstić information content (AvgIpc) is 2.70. The first-order chi connectivity index (χ1) is 9.33. The number of piperidine rings is 1. The number of hydrogen-bond donors (Lipinski definition) is 2. The number of rotatable bonds is 4. The molecule has 2 rings (SSSR count). The zero-order valence-corrected chi connectivity index (χ0v) is 12.4. The van der Waals surface area contributed by atoms with E-state index >= 15 is 0 Å². The Morgan fingerprint density at radius 1 is 1.30 bits per heavy atom. The number of carboxylic acid groups (broad SMARTS) is 1. The minimum absolute atomic E-state index is 0.228. The van der Waals surface area contributed by atoms with Crippen LogP contribution in [0.25, 0.3) is 0 Å². The lowest BCUT2D eigenvalue weighted by Crippen LogP contribution is -2.51. The third-order valence-electron chi connectivity index (χ3n) is 3.53. The second kappa shape index (κ2) is 5.45. The summed E-state index contributed by atoms with van der Waals surface area (Å²) in [6.07, 6.45) is 1.75. The van der Waals surface area contributed by atoms with Crippen molar-refractivity contribution in [1.82, 2.24) is 8.98 Å². The van der Waals surface area contributed by atoms with Crippen molar-refractivity contribution < 1.29 is 18.3 Å². The second-order valence-electron chi connectivity index (χ2n) is 5.01. The Morgan fingerprint density at radius 3 is 2.45 bits per heavy atom. The molecule has 8 heteroatoms. The molecule has 1 saturated heterocycles. The van der Waals surface area contributed by atoms with E-state index in [9.17, 15) is 13.2 Å². The van der Waals surface area contributed by atoms with Crippen molar-refractivity contribution in [3.8, 4) is 0 Å². The fourth-order valence-corrected chi connectivity index (χ4v) is 3.94. The fraction of sp³-hybridized carbons (Fsp3) is 0.583. The van der Waals surface area contributed by atoms with Gasteiger partial charge in [-0.3, -0.25) is 9.47 Å². The molecule has 0 spiro atoms. The molecule has 1 unspecified atom stereocenters. The van der Waals surface area contributed by atoms with Gasteiger partial charge in [-0.1, -0.05) is 0 Å². The van der Waals surface area contributed by atoms with Crippen molar-refractivity contribution in [2.45, 2.75) is 39.2 Å². The van der Waals surface area contributed by atoms with Crippen molar-refractivity contribution in [3.63, 3.8) is 0 Å². The minimum Gasteiger partial charge on any atom is -0.480 e. The molecule has 2 heterocycles. The highest BCUT2D eigenvalue weighted by Crippen LogP contribution is 2.21. The molecule has 1 fully saturated rings. The lowest BCUT2D eigenvalue weighted by molar-refractivity contribution is -0.142. The summed E-state index contributed by atoms with van der Waals surface area (Å²) in [5.74, 6) is -1.10. The molecule has 0 bridgehead atoms. The number of aryl methyl sites for hydroxylation is 2. The Balaban J connectivity index is 2.27. The second-order valence-corrected chi connectivity index (χ2v) is 6.61. The molecule has 1 aromatic heterocycles. The highest BCUT2D eigenvalue weighted by Gasteiger charge is 2.37. The standard InChI is InChI=1S/C12H19N3O4S/c1-9-6-7-10(2)15(9)13-20(18,19)14-8-4-3-5-11(14)12(16)17/h6-7,11,13H,3-5,8H2,1-2H3,(H,16,17). The molecule has 7 nitrogen and oxygen atoms in total. The maximum atomic E-state index is 12.4. The van der Waals surface area contributed by atoms with E-state index in [1.165, 1.54) is 4.68 Å². The zero-order chi connectivity index (χ0) is 14.9. The minimum atomic E-state index is -3.88. The van der Waals surface area contributed by atoms with E-state index in [4.69, 9.17) is 5.11 Å². The summed E-state index contributed by atoms with van der Waals surface area (Å²) in [6, 6.07) is 2.60. The topological polar surface area (TPSA) is 91.6 Å². The Bertz CT molecular complexity index is 589. The van der Waals surface area contributed by atoms with Crippen LogP contribution in [0, 0.1) is 13.8 Å².